The number of amides is 1. The SMILES string of the molecule is CCCCCCCC/C=C\CCCCCCCC(=O)OCC(CNC(=O)OC(C)(C)C)OC(=O)CCCCCCC/C=C\CCCCCCCC. The zero-order chi connectivity index (χ0) is 37.7. The number of unbranched alkanes of at least 4 members (excludes halogenated alkanes) is 22. The highest BCUT2D eigenvalue weighted by atomic mass is 16.6. The molecular formula is C44H81NO6. The number of alkyl carbamates (subject to hydrolysis) is 1. The summed E-state index contributed by atoms with van der Waals surface area (Å²) in [5, 5.41) is 2.65. The van der Waals surface area contributed by atoms with E-state index in [2.05, 4.69) is 43.5 Å². The Labute approximate surface area is 314 Å². The number of nitrogens with one attached hydrogen (secondary N) is 1. The van der Waals surface area contributed by atoms with Crippen LogP contribution in [0.5, 0.6) is 0 Å². The van der Waals surface area contributed by atoms with E-state index in [0.717, 1.165) is 57.8 Å². The lowest BCUT2D eigenvalue weighted by molar-refractivity contribution is -0.159. The first-order chi connectivity index (χ1) is 24.7. The van der Waals surface area contributed by atoms with Crippen LogP contribution < -0.4 is 5.32 Å². The van der Waals surface area contributed by atoms with Crippen LogP contribution in [0, 0.1) is 0 Å². The molecule has 1 unspecified atom stereocenters. The van der Waals surface area contributed by atoms with E-state index < -0.39 is 17.8 Å². The smallest absolute Gasteiger partial charge is 0.407 e. The summed E-state index contributed by atoms with van der Waals surface area (Å²) in [5.41, 5.74) is -0.642. The van der Waals surface area contributed by atoms with Gasteiger partial charge in [0.15, 0.2) is 6.10 Å². The molecule has 1 atom stereocenters. The Kier molecular flexibility index (Phi) is 34.4. The zero-order valence-corrected chi connectivity index (χ0v) is 34.0. The van der Waals surface area contributed by atoms with Crippen molar-refractivity contribution in [3.05, 3.63) is 24.3 Å². The van der Waals surface area contributed by atoms with Crippen molar-refractivity contribution in [1.29, 1.82) is 0 Å². The average Bonchev–Trinajstić information content (AvgIpc) is 3.08. The topological polar surface area (TPSA) is 90.9 Å². The first-order valence-corrected chi connectivity index (χ1v) is 21.3. The molecule has 0 aliphatic carbocycles. The molecule has 1 amide bonds. The van der Waals surface area contributed by atoms with Gasteiger partial charge in [-0.3, -0.25) is 9.59 Å². The van der Waals surface area contributed by atoms with E-state index in [1.807, 2.05) is 0 Å². The third-order valence-electron chi connectivity index (χ3n) is 8.89. The van der Waals surface area contributed by atoms with Gasteiger partial charge in [0.1, 0.15) is 12.2 Å². The molecular weight excluding hydrogens is 638 g/mol. The second-order valence-electron chi connectivity index (χ2n) is 15.3. The second-order valence-corrected chi connectivity index (χ2v) is 15.3. The van der Waals surface area contributed by atoms with Crippen molar-refractivity contribution in [3.63, 3.8) is 0 Å². The second kappa shape index (κ2) is 36.1. The zero-order valence-electron chi connectivity index (χ0n) is 34.0. The van der Waals surface area contributed by atoms with Gasteiger partial charge in [0.05, 0.1) is 6.54 Å². The number of allylic oxidation sites excluding steroid dienone is 4. The molecule has 0 aromatic carbocycles. The number of hydrogen-bond acceptors (Lipinski definition) is 6. The first kappa shape index (κ1) is 48.7. The molecule has 0 heterocycles. The highest BCUT2D eigenvalue weighted by molar-refractivity contribution is 5.71. The molecule has 0 aliphatic rings. The average molecular weight is 720 g/mol. The molecule has 0 spiro atoms. The molecule has 0 aromatic heterocycles. The Morgan fingerprint density at radius 2 is 0.902 bits per heavy atom. The Morgan fingerprint density at radius 1 is 0.529 bits per heavy atom. The molecule has 7 heteroatoms. The fraction of sp³-hybridized carbons (Fsp3) is 0.841. The van der Waals surface area contributed by atoms with Crippen molar-refractivity contribution in [2.24, 2.45) is 0 Å². The molecule has 0 radical (unpaired) electrons. The van der Waals surface area contributed by atoms with Gasteiger partial charge in [0, 0.05) is 12.8 Å². The van der Waals surface area contributed by atoms with Crippen molar-refractivity contribution in [1.82, 2.24) is 5.32 Å². The van der Waals surface area contributed by atoms with Gasteiger partial charge >= 0.3 is 18.0 Å². The maximum atomic E-state index is 12.6. The van der Waals surface area contributed by atoms with Gasteiger partial charge in [-0.1, -0.05) is 141 Å². The van der Waals surface area contributed by atoms with Crippen LogP contribution in [0.3, 0.4) is 0 Å². The predicted octanol–water partition coefficient (Wildman–Crippen LogP) is 13.0. The Bertz CT molecular complexity index is 877. The van der Waals surface area contributed by atoms with Gasteiger partial charge in [-0.05, 0) is 85.0 Å². The summed E-state index contributed by atoms with van der Waals surface area (Å²) in [7, 11) is 0. The molecule has 51 heavy (non-hydrogen) atoms. The van der Waals surface area contributed by atoms with Crippen molar-refractivity contribution in [2.75, 3.05) is 13.2 Å². The van der Waals surface area contributed by atoms with Crippen LogP contribution in [0.4, 0.5) is 4.79 Å². The molecule has 1 N–H and O–H groups in total. The lowest BCUT2D eigenvalue weighted by Crippen LogP contribution is -2.40. The van der Waals surface area contributed by atoms with Crippen LogP contribution in [-0.2, 0) is 23.8 Å². The van der Waals surface area contributed by atoms with Crippen LogP contribution in [0.1, 0.15) is 214 Å². The number of rotatable bonds is 35. The number of hydrogen-bond donors (Lipinski definition) is 1. The highest BCUT2D eigenvalue weighted by Gasteiger charge is 2.21. The van der Waals surface area contributed by atoms with Gasteiger partial charge in [-0.15, -0.1) is 0 Å². The number of ether oxygens (including phenoxy) is 3. The van der Waals surface area contributed by atoms with E-state index in [4.69, 9.17) is 14.2 Å². The van der Waals surface area contributed by atoms with E-state index >= 15 is 0 Å². The molecule has 0 saturated heterocycles. The van der Waals surface area contributed by atoms with Crippen molar-refractivity contribution >= 4 is 18.0 Å². The van der Waals surface area contributed by atoms with Gasteiger partial charge in [-0.2, -0.15) is 0 Å². The molecule has 0 fully saturated rings. The third-order valence-corrected chi connectivity index (χ3v) is 8.89. The van der Waals surface area contributed by atoms with Gasteiger partial charge < -0.3 is 19.5 Å². The van der Waals surface area contributed by atoms with E-state index in [1.165, 1.54) is 109 Å². The Morgan fingerprint density at radius 3 is 1.31 bits per heavy atom. The fourth-order valence-corrected chi connectivity index (χ4v) is 5.83. The van der Waals surface area contributed by atoms with Gasteiger partial charge in [0.2, 0.25) is 0 Å². The first-order valence-electron chi connectivity index (χ1n) is 21.3. The predicted molar refractivity (Wildman–Crippen MR) is 214 cm³/mol. The fourth-order valence-electron chi connectivity index (χ4n) is 5.83. The molecule has 298 valence electrons. The summed E-state index contributed by atoms with van der Waals surface area (Å²) in [6.07, 6.45) is 39.8. The van der Waals surface area contributed by atoms with E-state index in [9.17, 15) is 14.4 Å². The maximum Gasteiger partial charge on any atom is 0.407 e. The largest absolute Gasteiger partial charge is 0.462 e. The van der Waals surface area contributed by atoms with E-state index in [-0.39, 0.29) is 25.1 Å². The van der Waals surface area contributed by atoms with Crippen LogP contribution in [0.25, 0.3) is 0 Å². The lowest BCUT2D eigenvalue weighted by atomic mass is 10.1. The summed E-state index contributed by atoms with van der Waals surface area (Å²) >= 11 is 0. The van der Waals surface area contributed by atoms with E-state index in [0.29, 0.717) is 12.8 Å². The number of carbonyl (C=O) groups excluding carboxylic acids is 3. The highest BCUT2D eigenvalue weighted by Crippen LogP contribution is 2.13. The summed E-state index contributed by atoms with van der Waals surface area (Å²) in [5.74, 6) is -0.639. The minimum Gasteiger partial charge on any atom is -0.462 e. The summed E-state index contributed by atoms with van der Waals surface area (Å²) < 4.78 is 16.4. The van der Waals surface area contributed by atoms with Crippen LogP contribution in [0.15, 0.2) is 24.3 Å². The van der Waals surface area contributed by atoms with Crippen molar-refractivity contribution in [2.45, 2.75) is 226 Å². The van der Waals surface area contributed by atoms with Crippen molar-refractivity contribution in [3.8, 4) is 0 Å². The van der Waals surface area contributed by atoms with Gasteiger partial charge in [0.25, 0.3) is 0 Å². The molecule has 0 aliphatic heterocycles. The normalized spacial score (nSPS) is 12.4. The summed E-state index contributed by atoms with van der Waals surface area (Å²) in [6, 6.07) is 0. The van der Waals surface area contributed by atoms with E-state index in [1.54, 1.807) is 20.8 Å². The minimum atomic E-state index is -0.758. The molecule has 0 rings (SSSR count). The van der Waals surface area contributed by atoms with Crippen LogP contribution in [0.2, 0.25) is 0 Å². The molecule has 7 nitrogen and oxygen atoms in total. The third kappa shape index (κ3) is 38.7. The quantitative estimate of drug-likeness (QED) is 0.0303. The Hall–Kier alpha value is -2.31. The number of esters is 2. The van der Waals surface area contributed by atoms with Crippen LogP contribution in [-0.4, -0.2) is 42.9 Å². The standard InChI is InChI=1S/C44H81NO6/c1-6-8-10-12-14-16-18-20-22-24-26-28-30-32-34-36-41(46)49-39-40(38-45-43(48)51-44(3,4)5)50-42(47)37-35-33-31-29-27-25-23-21-19-17-15-13-11-9-7-2/h20-23,40H,6-19,24-39H2,1-5H3,(H,45,48)/b22-20-,23-21-. The van der Waals surface area contributed by atoms with Gasteiger partial charge in [-0.25, -0.2) is 4.79 Å². The minimum absolute atomic E-state index is 0.0215. The monoisotopic (exact) mass is 720 g/mol. The summed E-state index contributed by atoms with van der Waals surface area (Å²) in [4.78, 5) is 37.2. The Balaban J connectivity index is 4.18. The molecule has 0 bridgehead atoms. The molecule has 0 aromatic rings. The maximum absolute atomic E-state index is 12.6. The lowest BCUT2D eigenvalue weighted by Gasteiger charge is -2.22. The van der Waals surface area contributed by atoms with Crippen LogP contribution >= 0.6 is 0 Å². The number of carbonyl (C=O) groups is 3. The van der Waals surface area contributed by atoms with Crippen molar-refractivity contribution < 1.29 is 28.6 Å². The molecule has 0 saturated carbocycles. The summed E-state index contributed by atoms with van der Waals surface area (Å²) in [6.45, 7) is 9.81.